The SMILES string of the molecule is COC(=O)C1=C(C)NC(C)=C(C(=O)OCCCN(C)CCNc2ccccc2)C1c1cccc([N+](=O)[O-])c1. The summed E-state index contributed by atoms with van der Waals surface area (Å²) < 4.78 is 10.6. The minimum absolute atomic E-state index is 0.141. The molecule has 0 aromatic heterocycles. The van der Waals surface area contributed by atoms with Crippen molar-refractivity contribution in [3.8, 4) is 0 Å². The van der Waals surface area contributed by atoms with Crippen LogP contribution in [0, 0.1) is 10.1 Å². The van der Waals surface area contributed by atoms with Crippen molar-refractivity contribution < 1.29 is 24.0 Å². The van der Waals surface area contributed by atoms with E-state index in [0.29, 0.717) is 23.4 Å². The van der Waals surface area contributed by atoms with Crippen LogP contribution in [0.1, 0.15) is 31.7 Å². The lowest BCUT2D eigenvalue weighted by Gasteiger charge is -2.30. The van der Waals surface area contributed by atoms with E-state index in [1.165, 1.54) is 25.3 Å². The third kappa shape index (κ3) is 7.19. The van der Waals surface area contributed by atoms with E-state index in [9.17, 15) is 19.7 Å². The highest BCUT2D eigenvalue weighted by Crippen LogP contribution is 2.40. The van der Waals surface area contributed by atoms with Crippen molar-refractivity contribution in [2.24, 2.45) is 0 Å². The number of carbonyl (C=O) groups is 2. The normalized spacial score (nSPS) is 15.2. The Balaban J connectivity index is 1.66. The molecule has 1 aliphatic heterocycles. The molecule has 0 saturated carbocycles. The zero-order chi connectivity index (χ0) is 27.7. The average molecular weight is 523 g/mol. The standard InChI is InChI=1S/C28H34N4O6/c1-19-24(27(33)37-4)26(21-10-8-13-23(18-21)32(35)36)25(20(2)30-19)28(34)38-17-9-15-31(3)16-14-29-22-11-6-5-7-12-22/h5-8,10-13,18,26,29-30H,9,14-17H2,1-4H3. The van der Waals surface area contributed by atoms with E-state index < -0.39 is 22.8 Å². The summed E-state index contributed by atoms with van der Waals surface area (Å²) in [6.07, 6.45) is 0.619. The number of hydrogen-bond acceptors (Lipinski definition) is 9. The van der Waals surface area contributed by atoms with Crippen LogP contribution in [0.4, 0.5) is 11.4 Å². The van der Waals surface area contributed by atoms with Crippen LogP contribution >= 0.6 is 0 Å². The van der Waals surface area contributed by atoms with Crippen molar-refractivity contribution >= 4 is 23.3 Å². The molecule has 2 N–H and O–H groups in total. The molecule has 0 radical (unpaired) electrons. The lowest BCUT2D eigenvalue weighted by molar-refractivity contribution is -0.384. The molecule has 38 heavy (non-hydrogen) atoms. The number of rotatable bonds is 12. The predicted octanol–water partition coefficient (Wildman–Crippen LogP) is 3.98. The number of benzene rings is 2. The average Bonchev–Trinajstić information content (AvgIpc) is 2.90. The van der Waals surface area contributed by atoms with E-state index >= 15 is 0 Å². The minimum Gasteiger partial charge on any atom is -0.466 e. The van der Waals surface area contributed by atoms with Crippen molar-refractivity contribution in [2.75, 3.05) is 45.7 Å². The van der Waals surface area contributed by atoms with E-state index in [-0.39, 0.29) is 23.4 Å². The molecule has 0 bridgehead atoms. The number of para-hydroxylation sites is 1. The van der Waals surface area contributed by atoms with Gasteiger partial charge in [0.25, 0.3) is 5.69 Å². The monoisotopic (exact) mass is 522 g/mol. The number of nitrogens with zero attached hydrogens (tertiary/aromatic N) is 2. The molecule has 0 spiro atoms. The van der Waals surface area contributed by atoms with Gasteiger partial charge in [-0.1, -0.05) is 30.3 Å². The second-order valence-corrected chi connectivity index (χ2v) is 9.06. The van der Waals surface area contributed by atoms with Crippen LogP contribution in [0.15, 0.2) is 77.1 Å². The van der Waals surface area contributed by atoms with E-state index in [2.05, 4.69) is 15.5 Å². The number of anilines is 1. The first-order valence-electron chi connectivity index (χ1n) is 12.4. The molecule has 1 heterocycles. The van der Waals surface area contributed by atoms with Crippen molar-refractivity contribution in [1.29, 1.82) is 0 Å². The van der Waals surface area contributed by atoms with E-state index in [0.717, 1.165) is 25.3 Å². The number of hydrogen-bond donors (Lipinski definition) is 2. The highest BCUT2D eigenvalue weighted by Gasteiger charge is 2.38. The third-order valence-electron chi connectivity index (χ3n) is 6.31. The number of dihydropyridines is 1. The number of esters is 2. The van der Waals surface area contributed by atoms with Gasteiger partial charge in [0, 0.05) is 48.8 Å². The maximum Gasteiger partial charge on any atom is 0.336 e. The second-order valence-electron chi connectivity index (χ2n) is 9.06. The first-order valence-corrected chi connectivity index (χ1v) is 12.4. The smallest absolute Gasteiger partial charge is 0.336 e. The molecule has 0 amide bonds. The topological polar surface area (TPSA) is 123 Å². The van der Waals surface area contributed by atoms with Gasteiger partial charge in [0.05, 0.1) is 35.7 Å². The van der Waals surface area contributed by atoms with Crippen molar-refractivity contribution in [3.63, 3.8) is 0 Å². The van der Waals surface area contributed by atoms with Crippen LogP contribution in [0.3, 0.4) is 0 Å². The van der Waals surface area contributed by atoms with Crippen LogP contribution in [-0.2, 0) is 19.1 Å². The van der Waals surface area contributed by atoms with Gasteiger partial charge in [-0.3, -0.25) is 10.1 Å². The number of likely N-dealkylation sites (N-methyl/N-ethyl adjacent to an activating group) is 1. The Labute approximate surface area is 222 Å². The van der Waals surface area contributed by atoms with Gasteiger partial charge in [-0.2, -0.15) is 0 Å². The Morgan fingerprint density at radius 3 is 2.37 bits per heavy atom. The van der Waals surface area contributed by atoms with Crippen molar-refractivity contribution in [3.05, 3.63) is 92.8 Å². The summed E-state index contributed by atoms with van der Waals surface area (Å²) in [5.41, 5.74) is 2.80. The zero-order valence-electron chi connectivity index (χ0n) is 22.2. The summed E-state index contributed by atoms with van der Waals surface area (Å²) in [6.45, 7) is 5.92. The summed E-state index contributed by atoms with van der Waals surface area (Å²) >= 11 is 0. The lowest BCUT2D eigenvalue weighted by atomic mass is 9.80. The van der Waals surface area contributed by atoms with Gasteiger partial charge < -0.3 is 25.0 Å². The van der Waals surface area contributed by atoms with Crippen LogP contribution < -0.4 is 10.6 Å². The maximum absolute atomic E-state index is 13.3. The van der Waals surface area contributed by atoms with Gasteiger partial charge in [-0.05, 0) is 45.0 Å². The highest BCUT2D eigenvalue weighted by molar-refractivity contribution is 5.99. The Morgan fingerprint density at radius 1 is 1.03 bits per heavy atom. The number of non-ortho nitro benzene ring substituents is 1. The molecule has 202 valence electrons. The van der Waals surface area contributed by atoms with Gasteiger partial charge in [0.1, 0.15) is 0 Å². The first kappa shape index (κ1) is 28.4. The number of ether oxygens (including phenoxy) is 2. The molecule has 3 rings (SSSR count). The number of methoxy groups -OCH3 is 1. The van der Waals surface area contributed by atoms with E-state index in [1.807, 2.05) is 37.4 Å². The third-order valence-corrected chi connectivity index (χ3v) is 6.31. The van der Waals surface area contributed by atoms with Gasteiger partial charge >= 0.3 is 11.9 Å². The molecule has 10 heteroatoms. The summed E-state index contributed by atoms with van der Waals surface area (Å²) in [4.78, 5) is 39.0. The number of nitrogens with one attached hydrogen (secondary N) is 2. The second kappa shape index (κ2) is 13.4. The molecule has 0 fully saturated rings. The number of carbonyl (C=O) groups excluding carboxylic acids is 2. The number of nitro benzene ring substituents is 1. The van der Waals surface area contributed by atoms with Gasteiger partial charge in [0.15, 0.2) is 0 Å². The lowest BCUT2D eigenvalue weighted by Crippen LogP contribution is -2.32. The summed E-state index contributed by atoms with van der Waals surface area (Å²) in [6, 6.07) is 15.9. The van der Waals surface area contributed by atoms with Crippen molar-refractivity contribution in [2.45, 2.75) is 26.2 Å². The Bertz CT molecular complexity index is 1220. The van der Waals surface area contributed by atoms with Gasteiger partial charge in [-0.25, -0.2) is 9.59 Å². The molecule has 1 unspecified atom stereocenters. The van der Waals surface area contributed by atoms with Crippen LogP contribution in [0.25, 0.3) is 0 Å². The molecular formula is C28H34N4O6. The van der Waals surface area contributed by atoms with Crippen molar-refractivity contribution in [1.82, 2.24) is 10.2 Å². The fourth-order valence-electron chi connectivity index (χ4n) is 4.43. The molecule has 0 saturated heterocycles. The van der Waals surface area contributed by atoms with Crippen LogP contribution in [0.5, 0.6) is 0 Å². The predicted molar refractivity (Wildman–Crippen MR) is 144 cm³/mol. The van der Waals surface area contributed by atoms with E-state index in [4.69, 9.17) is 9.47 Å². The molecule has 10 nitrogen and oxygen atoms in total. The van der Waals surface area contributed by atoms with Crippen LogP contribution in [-0.4, -0.2) is 62.2 Å². The fraction of sp³-hybridized carbons (Fsp3) is 0.357. The summed E-state index contributed by atoms with van der Waals surface area (Å²) in [5.74, 6) is -2.09. The molecular weight excluding hydrogens is 488 g/mol. The quantitative estimate of drug-likeness (QED) is 0.184. The largest absolute Gasteiger partial charge is 0.466 e. The Kier molecular flexibility index (Phi) is 10.0. The first-order chi connectivity index (χ1) is 18.2. The van der Waals surface area contributed by atoms with E-state index in [1.54, 1.807) is 19.9 Å². The van der Waals surface area contributed by atoms with Gasteiger partial charge in [0.2, 0.25) is 0 Å². The summed E-state index contributed by atoms with van der Waals surface area (Å²) in [5, 5.41) is 17.8. The molecule has 2 aromatic carbocycles. The minimum atomic E-state index is -0.872. The Morgan fingerprint density at radius 2 is 1.71 bits per heavy atom. The highest BCUT2D eigenvalue weighted by atomic mass is 16.6. The molecule has 2 aromatic rings. The Hall–Kier alpha value is -4.18. The molecule has 1 atom stereocenters. The summed E-state index contributed by atoms with van der Waals surface area (Å²) in [7, 11) is 3.25. The zero-order valence-corrected chi connectivity index (χ0v) is 22.2. The number of nitro groups is 1. The van der Waals surface area contributed by atoms with Gasteiger partial charge in [-0.15, -0.1) is 0 Å². The van der Waals surface area contributed by atoms with Crippen LogP contribution in [0.2, 0.25) is 0 Å². The number of allylic oxidation sites excluding steroid dienone is 2. The molecule has 0 aliphatic carbocycles. The maximum atomic E-state index is 13.3. The fourth-order valence-corrected chi connectivity index (χ4v) is 4.43. The molecule has 1 aliphatic rings.